The van der Waals surface area contributed by atoms with Crippen LogP contribution < -0.4 is 5.73 Å². The van der Waals surface area contributed by atoms with Gasteiger partial charge in [-0.2, -0.15) is 5.10 Å². The van der Waals surface area contributed by atoms with Crippen molar-refractivity contribution in [2.75, 3.05) is 6.54 Å². The average molecular weight is 326 g/mol. The maximum Gasteiger partial charge on any atom is 0.0766 e. The monoisotopic (exact) mass is 325 g/mol. The molecule has 2 aliphatic carbocycles. The van der Waals surface area contributed by atoms with Crippen LogP contribution in [0.3, 0.4) is 0 Å². The van der Waals surface area contributed by atoms with Gasteiger partial charge in [0.25, 0.3) is 0 Å². The van der Waals surface area contributed by atoms with Crippen molar-refractivity contribution in [3.63, 3.8) is 0 Å². The van der Waals surface area contributed by atoms with Gasteiger partial charge in [-0.3, -0.25) is 4.68 Å². The molecule has 2 N–H and O–H groups in total. The van der Waals surface area contributed by atoms with Gasteiger partial charge in [-0.15, -0.1) is 0 Å². The molecule has 1 aromatic rings. The zero-order valence-electron chi connectivity index (χ0n) is 12.0. The molecule has 0 saturated heterocycles. The first kappa shape index (κ1) is 13.6. The number of rotatable bonds is 4. The van der Waals surface area contributed by atoms with Crippen LogP contribution in [0.4, 0.5) is 0 Å². The van der Waals surface area contributed by atoms with Gasteiger partial charge < -0.3 is 5.73 Å². The van der Waals surface area contributed by atoms with Gasteiger partial charge in [0, 0.05) is 7.05 Å². The molecule has 2 aliphatic rings. The Balaban J connectivity index is 1.90. The number of nitrogens with zero attached hydrogens (tertiary/aromatic N) is 2. The molecule has 0 aliphatic heterocycles. The molecule has 2 saturated carbocycles. The third kappa shape index (κ3) is 2.07. The van der Waals surface area contributed by atoms with Crippen LogP contribution in [-0.2, 0) is 19.9 Å². The summed E-state index contributed by atoms with van der Waals surface area (Å²) in [7, 11) is 2.07. The summed E-state index contributed by atoms with van der Waals surface area (Å²) in [4.78, 5) is 0. The summed E-state index contributed by atoms with van der Waals surface area (Å²) in [6.45, 7) is 2.99. The molecule has 2 fully saturated rings. The topological polar surface area (TPSA) is 43.8 Å². The lowest BCUT2D eigenvalue weighted by Gasteiger charge is -2.37. The van der Waals surface area contributed by atoms with Crippen molar-refractivity contribution in [3.05, 3.63) is 15.9 Å². The molecule has 1 aromatic heterocycles. The van der Waals surface area contributed by atoms with E-state index >= 15 is 0 Å². The minimum Gasteiger partial charge on any atom is -0.330 e. The van der Waals surface area contributed by atoms with E-state index < -0.39 is 0 Å². The number of aromatic nitrogens is 2. The summed E-state index contributed by atoms with van der Waals surface area (Å²) in [5.41, 5.74) is 9.05. The fourth-order valence-corrected chi connectivity index (χ4v) is 5.20. The second kappa shape index (κ2) is 4.88. The molecule has 3 nitrogen and oxygen atoms in total. The zero-order chi connectivity index (χ0) is 13.6. The number of nitrogens with two attached hydrogens (primary N) is 1. The van der Waals surface area contributed by atoms with Crippen LogP contribution in [-0.4, -0.2) is 16.3 Å². The van der Waals surface area contributed by atoms with E-state index in [0.29, 0.717) is 5.41 Å². The molecule has 19 heavy (non-hydrogen) atoms. The first-order valence-electron chi connectivity index (χ1n) is 7.50. The predicted molar refractivity (Wildman–Crippen MR) is 80.9 cm³/mol. The van der Waals surface area contributed by atoms with Crippen molar-refractivity contribution < 1.29 is 0 Å². The minimum atomic E-state index is 0.338. The Hall–Kier alpha value is -0.350. The van der Waals surface area contributed by atoms with Gasteiger partial charge in [-0.25, -0.2) is 0 Å². The molecular weight excluding hydrogens is 302 g/mol. The summed E-state index contributed by atoms with van der Waals surface area (Å²) in [6.07, 6.45) is 7.63. The van der Waals surface area contributed by atoms with Crippen molar-refractivity contribution in [2.24, 2.45) is 30.0 Å². The Kier molecular flexibility index (Phi) is 3.50. The second-order valence-corrected chi connectivity index (χ2v) is 7.30. The number of halogens is 1. The third-order valence-electron chi connectivity index (χ3n) is 5.53. The van der Waals surface area contributed by atoms with Crippen molar-refractivity contribution in [1.82, 2.24) is 9.78 Å². The summed E-state index contributed by atoms with van der Waals surface area (Å²) < 4.78 is 3.28. The smallest absolute Gasteiger partial charge is 0.0766 e. The van der Waals surface area contributed by atoms with Crippen LogP contribution in [0.15, 0.2) is 4.47 Å². The van der Waals surface area contributed by atoms with E-state index in [2.05, 4.69) is 39.7 Å². The highest BCUT2D eigenvalue weighted by Crippen LogP contribution is 2.57. The molecule has 0 aromatic carbocycles. The molecule has 4 heteroatoms. The van der Waals surface area contributed by atoms with Gasteiger partial charge >= 0.3 is 0 Å². The number of aryl methyl sites for hydroxylation is 2. The van der Waals surface area contributed by atoms with E-state index in [-0.39, 0.29) is 0 Å². The molecule has 0 amide bonds. The average Bonchev–Trinajstić information content (AvgIpc) is 3.07. The largest absolute Gasteiger partial charge is 0.330 e. The van der Waals surface area contributed by atoms with Gasteiger partial charge in [0.15, 0.2) is 0 Å². The van der Waals surface area contributed by atoms with Crippen molar-refractivity contribution in [3.8, 4) is 0 Å². The van der Waals surface area contributed by atoms with E-state index in [1.54, 1.807) is 0 Å². The number of hydrogen-bond donors (Lipinski definition) is 1. The maximum absolute atomic E-state index is 6.20. The minimum absolute atomic E-state index is 0.338. The van der Waals surface area contributed by atoms with Gasteiger partial charge in [-0.1, -0.05) is 13.3 Å². The molecule has 106 valence electrons. The summed E-state index contributed by atoms with van der Waals surface area (Å²) in [5, 5.41) is 4.63. The standard InChI is InChI=1S/C15H24BrN3/c1-3-12-14(16)13(19(2)18-12)8-15(9-17)7-10-4-5-11(15)6-10/h10-11H,3-9,17H2,1-2H3. The van der Waals surface area contributed by atoms with Crippen molar-refractivity contribution in [1.29, 1.82) is 0 Å². The highest BCUT2D eigenvalue weighted by Gasteiger charge is 2.50. The highest BCUT2D eigenvalue weighted by molar-refractivity contribution is 9.10. The Bertz CT molecular complexity index is 482. The SMILES string of the molecule is CCc1nn(C)c(CC2(CN)CC3CCC2C3)c1Br. The van der Waals surface area contributed by atoms with Crippen LogP contribution in [0.1, 0.15) is 44.0 Å². The first-order chi connectivity index (χ1) is 9.09. The van der Waals surface area contributed by atoms with Crippen LogP contribution in [0.5, 0.6) is 0 Å². The van der Waals surface area contributed by atoms with E-state index in [4.69, 9.17) is 5.73 Å². The molecule has 2 bridgehead atoms. The van der Waals surface area contributed by atoms with E-state index in [1.807, 2.05) is 0 Å². The number of hydrogen-bond acceptors (Lipinski definition) is 2. The summed E-state index contributed by atoms with van der Waals surface area (Å²) in [5.74, 6) is 1.78. The summed E-state index contributed by atoms with van der Waals surface area (Å²) in [6, 6.07) is 0. The Labute approximate surface area is 124 Å². The predicted octanol–water partition coefficient (Wildman–Crippen LogP) is 3.05. The van der Waals surface area contributed by atoms with Crippen LogP contribution in [0.2, 0.25) is 0 Å². The van der Waals surface area contributed by atoms with Gasteiger partial charge in [0.1, 0.15) is 0 Å². The number of fused-ring (bicyclic) bond motifs is 2. The maximum atomic E-state index is 6.20. The molecule has 3 rings (SSSR count). The van der Waals surface area contributed by atoms with E-state index in [1.165, 1.54) is 41.5 Å². The lowest BCUT2D eigenvalue weighted by atomic mass is 9.70. The third-order valence-corrected chi connectivity index (χ3v) is 6.45. The molecule has 3 atom stereocenters. The molecule has 3 unspecified atom stereocenters. The van der Waals surface area contributed by atoms with Gasteiger partial charge in [0.2, 0.25) is 0 Å². The van der Waals surface area contributed by atoms with Gasteiger partial charge in [0.05, 0.1) is 15.9 Å². The fourth-order valence-electron chi connectivity index (χ4n) is 4.44. The second-order valence-electron chi connectivity index (χ2n) is 6.51. The van der Waals surface area contributed by atoms with E-state index in [0.717, 1.165) is 31.2 Å². The lowest BCUT2D eigenvalue weighted by molar-refractivity contribution is 0.168. The van der Waals surface area contributed by atoms with Crippen LogP contribution >= 0.6 is 15.9 Å². The highest BCUT2D eigenvalue weighted by atomic mass is 79.9. The summed E-state index contributed by atoms with van der Waals surface area (Å²) >= 11 is 3.75. The molecular formula is C15H24BrN3. The normalized spacial score (nSPS) is 33.3. The van der Waals surface area contributed by atoms with Gasteiger partial charge in [-0.05, 0) is 71.8 Å². The Morgan fingerprint density at radius 3 is 2.74 bits per heavy atom. The molecule has 1 heterocycles. The molecule has 0 spiro atoms. The fraction of sp³-hybridized carbons (Fsp3) is 0.800. The molecule has 0 radical (unpaired) electrons. The van der Waals surface area contributed by atoms with Crippen LogP contribution in [0.25, 0.3) is 0 Å². The Morgan fingerprint density at radius 2 is 2.26 bits per heavy atom. The Morgan fingerprint density at radius 1 is 1.47 bits per heavy atom. The first-order valence-corrected chi connectivity index (χ1v) is 8.29. The quantitative estimate of drug-likeness (QED) is 0.924. The van der Waals surface area contributed by atoms with E-state index in [9.17, 15) is 0 Å². The zero-order valence-corrected chi connectivity index (χ0v) is 13.5. The van der Waals surface area contributed by atoms with Crippen molar-refractivity contribution in [2.45, 2.75) is 45.4 Å². The van der Waals surface area contributed by atoms with Crippen molar-refractivity contribution >= 4 is 15.9 Å². The lowest BCUT2D eigenvalue weighted by Crippen LogP contribution is -2.38. The van der Waals surface area contributed by atoms with Crippen LogP contribution in [0, 0.1) is 17.3 Å².